The Bertz CT molecular complexity index is 1640. The zero-order valence-corrected chi connectivity index (χ0v) is 19.8. The highest BCUT2D eigenvalue weighted by molar-refractivity contribution is 7.89. The lowest BCUT2D eigenvalue weighted by Crippen LogP contribution is -2.23. The Hall–Kier alpha value is -2.97. The van der Waals surface area contributed by atoms with Gasteiger partial charge in [0.2, 0.25) is 10.0 Å². The topological polar surface area (TPSA) is 68.2 Å². The van der Waals surface area contributed by atoms with Crippen LogP contribution < -0.4 is 9.60 Å². The number of hydrogen-bond donors (Lipinski definition) is 1. The monoisotopic (exact) mass is 494 g/mol. The molecule has 0 aliphatic rings. The van der Waals surface area contributed by atoms with Gasteiger partial charge >= 0.3 is 4.87 Å². The Morgan fingerprint density at radius 1 is 0.848 bits per heavy atom. The van der Waals surface area contributed by atoms with Crippen molar-refractivity contribution in [3.63, 3.8) is 0 Å². The highest BCUT2D eigenvalue weighted by Gasteiger charge is 2.17. The van der Waals surface area contributed by atoms with Crippen LogP contribution in [0.15, 0.2) is 94.6 Å². The van der Waals surface area contributed by atoms with E-state index in [9.17, 15) is 13.2 Å². The molecule has 0 unspecified atom stereocenters. The maximum atomic E-state index is 12.9. The molecule has 0 amide bonds. The summed E-state index contributed by atoms with van der Waals surface area (Å²) in [6.45, 7) is 0.571. The summed E-state index contributed by atoms with van der Waals surface area (Å²) >= 11 is 6.98. The molecule has 0 spiro atoms. The minimum absolute atomic E-state index is 0.135. The van der Waals surface area contributed by atoms with Crippen LogP contribution in [0.2, 0.25) is 5.02 Å². The lowest BCUT2D eigenvalue weighted by molar-refractivity contribution is 0.581. The third-order valence-electron chi connectivity index (χ3n) is 5.48. The van der Waals surface area contributed by atoms with Crippen LogP contribution in [0.25, 0.3) is 21.0 Å². The molecule has 166 valence electrons. The summed E-state index contributed by atoms with van der Waals surface area (Å²) in [5, 5.41) is 2.79. The van der Waals surface area contributed by atoms with E-state index < -0.39 is 10.0 Å². The van der Waals surface area contributed by atoms with E-state index in [-0.39, 0.29) is 16.3 Å². The van der Waals surface area contributed by atoms with Crippen molar-refractivity contribution in [3.8, 4) is 0 Å². The van der Waals surface area contributed by atoms with Crippen LogP contribution >= 0.6 is 22.9 Å². The molecule has 0 aliphatic heterocycles. The van der Waals surface area contributed by atoms with Gasteiger partial charge in [-0.25, -0.2) is 13.1 Å². The molecule has 0 saturated heterocycles. The molecule has 0 radical (unpaired) electrons. The summed E-state index contributed by atoms with van der Waals surface area (Å²) in [6, 6.07) is 25.9. The summed E-state index contributed by atoms with van der Waals surface area (Å²) in [5.41, 5.74) is 2.51. The second-order valence-corrected chi connectivity index (χ2v) is 10.9. The van der Waals surface area contributed by atoms with Crippen molar-refractivity contribution in [2.24, 2.45) is 0 Å². The molecule has 33 heavy (non-hydrogen) atoms. The molecule has 1 aromatic heterocycles. The number of hydrogen-bond acceptors (Lipinski definition) is 4. The summed E-state index contributed by atoms with van der Waals surface area (Å²) < 4.78 is 30.8. The number of halogens is 1. The van der Waals surface area contributed by atoms with Crippen molar-refractivity contribution in [1.82, 2.24) is 9.29 Å². The summed E-state index contributed by atoms with van der Waals surface area (Å²) in [5.74, 6) is 0. The minimum atomic E-state index is -3.74. The van der Waals surface area contributed by atoms with Crippen LogP contribution in [-0.4, -0.2) is 13.0 Å². The van der Waals surface area contributed by atoms with Crippen molar-refractivity contribution in [3.05, 3.63) is 111 Å². The molecule has 5 nitrogen and oxygen atoms in total. The minimum Gasteiger partial charge on any atom is -0.294 e. The van der Waals surface area contributed by atoms with Crippen molar-refractivity contribution in [1.29, 1.82) is 0 Å². The first-order valence-corrected chi connectivity index (χ1v) is 12.9. The van der Waals surface area contributed by atoms with E-state index >= 15 is 0 Å². The van der Waals surface area contributed by atoms with Gasteiger partial charge in [0.1, 0.15) is 0 Å². The van der Waals surface area contributed by atoms with Gasteiger partial charge in [-0.1, -0.05) is 71.5 Å². The summed E-state index contributed by atoms with van der Waals surface area (Å²) in [7, 11) is -3.74. The van der Waals surface area contributed by atoms with E-state index in [4.69, 9.17) is 11.6 Å². The fraction of sp³-hybridized carbons (Fsp3) is 0.0800. The average molecular weight is 495 g/mol. The Kier molecular flexibility index (Phi) is 5.80. The number of thiazole rings is 1. The molecule has 0 aliphatic carbocycles. The van der Waals surface area contributed by atoms with Gasteiger partial charge in [-0.3, -0.25) is 9.36 Å². The number of sulfonamides is 1. The largest absolute Gasteiger partial charge is 0.308 e. The molecular weight excluding hydrogens is 476 g/mol. The van der Waals surface area contributed by atoms with Gasteiger partial charge in [0.15, 0.2) is 0 Å². The fourth-order valence-electron chi connectivity index (χ4n) is 3.75. The van der Waals surface area contributed by atoms with Gasteiger partial charge < -0.3 is 0 Å². The highest BCUT2D eigenvalue weighted by atomic mass is 35.5. The Morgan fingerprint density at radius 2 is 1.58 bits per heavy atom. The number of nitrogens with one attached hydrogen (secondary N) is 1. The molecule has 4 aromatic carbocycles. The number of aromatic nitrogens is 1. The third kappa shape index (κ3) is 4.58. The first kappa shape index (κ1) is 21.9. The Labute approximate surface area is 199 Å². The second kappa shape index (κ2) is 8.76. The van der Waals surface area contributed by atoms with Crippen molar-refractivity contribution >= 4 is 54.0 Å². The van der Waals surface area contributed by atoms with Gasteiger partial charge in [-0.2, -0.15) is 0 Å². The molecule has 0 saturated carbocycles. The molecule has 0 atom stereocenters. The standard InChI is InChI=1S/C25H19ClN2O3S2/c26-21-9-6-17(7-10-21)16-28-23-12-11-22(14-24(23)32-25(28)29)33(30,31)27-15-18-5-8-19-3-1-2-4-20(19)13-18/h1-14,27H,15-16H2. The lowest BCUT2D eigenvalue weighted by Gasteiger charge is -2.09. The molecule has 0 fully saturated rings. The van der Waals surface area contributed by atoms with E-state index in [1.54, 1.807) is 28.8 Å². The second-order valence-electron chi connectivity index (χ2n) is 7.72. The fourth-order valence-corrected chi connectivity index (χ4v) is 5.92. The van der Waals surface area contributed by atoms with Crippen molar-refractivity contribution in [2.45, 2.75) is 18.0 Å². The molecular formula is C25H19ClN2O3S2. The summed E-state index contributed by atoms with van der Waals surface area (Å²) in [4.78, 5) is 12.6. The van der Waals surface area contributed by atoms with E-state index in [1.807, 2.05) is 54.6 Å². The van der Waals surface area contributed by atoms with Gasteiger partial charge in [-0.05, 0) is 58.3 Å². The Balaban J connectivity index is 1.39. The molecule has 8 heteroatoms. The van der Waals surface area contributed by atoms with Crippen LogP contribution in [0.3, 0.4) is 0 Å². The van der Waals surface area contributed by atoms with Gasteiger partial charge in [0, 0.05) is 11.6 Å². The van der Waals surface area contributed by atoms with Gasteiger partial charge in [-0.15, -0.1) is 0 Å². The Morgan fingerprint density at radius 3 is 2.36 bits per heavy atom. The zero-order valence-electron chi connectivity index (χ0n) is 17.4. The molecule has 5 aromatic rings. The molecule has 5 rings (SSSR count). The van der Waals surface area contributed by atoms with Crippen LogP contribution in [-0.2, 0) is 23.1 Å². The lowest BCUT2D eigenvalue weighted by atomic mass is 10.1. The first-order valence-electron chi connectivity index (χ1n) is 10.2. The highest BCUT2D eigenvalue weighted by Crippen LogP contribution is 2.23. The van der Waals surface area contributed by atoms with E-state index in [1.165, 1.54) is 6.07 Å². The van der Waals surface area contributed by atoms with Gasteiger partial charge in [0.05, 0.1) is 21.7 Å². The van der Waals surface area contributed by atoms with E-state index in [2.05, 4.69) is 4.72 Å². The number of fused-ring (bicyclic) bond motifs is 2. The SMILES string of the molecule is O=c1sc2cc(S(=O)(=O)NCc3ccc4ccccc4c3)ccc2n1Cc1ccc(Cl)cc1. The van der Waals surface area contributed by atoms with E-state index in [0.29, 0.717) is 21.8 Å². The predicted molar refractivity (Wildman–Crippen MR) is 135 cm³/mol. The third-order valence-corrected chi connectivity index (χ3v) is 8.08. The van der Waals surface area contributed by atoms with Crippen LogP contribution in [0, 0.1) is 0 Å². The van der Waals surface area contributed by atoms with E-state index in [0.717, 1.165) is 33.2 Å². The normalized spacial score (nSPS) is 11.9. The number of benzene rings is 4. The van der Waals surface area contributed by atoms with Crippen LogP contribution in [0.1, 0.15) is 11.1 Å². The zero-order chi connectivity index (χ0) is 23.0. The van der Waals surface area contributed by atoms with Crippen molar-refractivity contribution in [2.75, 3.05) is 0 Å². The van der Waals surface area contributed by atoms with Crippen molar-refractivity contribution < 1.29 is 8.42 Å². The molecule has 1 N–H and O–H groups in total. The predicted octanol–water partition coefficient (Wildman–Crippen LogP) is 5.40. The maximum Gasteiger partial charge on any atom is 0.308 e. The van der Waals surface area contributed by atoms with Crippen LogP contribution in [0.5, 0.6) is 0 Å². The smallest absolute Gasteiger partial charge is 0.294 e. The number of rotatable bonds is 6. The molecule has 0 bridgehead atoms. The molecule has 1 heterocycles. The first-order chi connectivity index (χ1) is 15.9. The maximum absolute atomic E-state index is 12.9. The quantitative estimate of drug-likeness (QED) is 0.344. The summed E-state index contributed by atoms with van der Waals surface area (Å²) in [6.07, 6.45) is 0. The van der Waals surface area contributed by atoms with Crippen LogP contribution in [0.4, 0.5) is 0 Å². The number of nitrogens with zero attached hydrogens (tertiary/aromatic N) is 1. The van der Waals surface area contributed by atoms with Gasteiger partial charge in [0.25, 0.3) is 0 Å². The average Bonchev–Trinajstić information content (AvgIpc) is 3.13.